The molecule has 0 amide bonds. The Morgan fingerprint density at radius 3 is 2.60 bits per heavy atom. The molecule has 0 fully saturated rings. The van der Waals surface area contributed by atoms with Crippen molar-refractivity contribution in [1.29, 1.82) is 0 Å². The predicted molar refractivity (Wildman–Crippen MR) is 50.7 cm³/mol. The summed E-state index contributed by atoms with van der Waals surface area (Å²) in [6, 6.07) is 0. The summed E-state index contributed by atoms with van der Waals surface area (Å²) >= 11 is 2.28. The van der Waals surface area contributed by atoms with Crippen LogP contribution in [0.2, 0.25) is 0 Å². The number of halogens is 1. The fourth-order valence-corrected chi connectivity index (χ4v) is 0.750. The van der Waals surface area contributed by atoms with Crippen molar-refractivity contribution < 1.29 is 9.47 Å². The van der Waals surface area contributed by atoms with Gasteiger partial charge in [-0.05, 0) is 0 Å². The third-order valence-electron chi connectivity index (χ3n) is 0.865. The Morgan fingerprint density at radius 1 is 1.30 bits per heavy atom. The van der Waals surface area contributed by atoms with E-state index in [1.807, 2.05) is 12.2 Å². The van der Waals surface area contributed by atoms with Gasteiger partial charge in [0, 0.05) is 11.5 Å². The second-order valence-electron chi connectivity index (χ2n) is 1.69. The molecule has 0 aromatic carbocycles. The highest BCUT2D eigenvalue weighted by Gasteiger charge is 1.79. The Labute approximate surface area is 75.7 Å². The van der Waals surface area contributed by atoms with Crippen LogP contribution in [0.5, 0.6) is 0 Å². The minimum atomic E-state index is 0.674. The summed E-state index contributed by atoms with van der Waals surface area (Å²) in [6.45, 7) is 2.21. The molecule has 0 spiro atoms. The highest BCUT2D eigenvalue weighted by molar-refractivity contribution is 14.1. The molecule has 60 valence electrons. The summed E-state index contributed by atoms with van der Waals surface area (Å²) in [5, 5.41) is 0. The number of hydrogen-bond acceptors (Lipinski definition) is 2. The monoisotopic (exact) mass is 256 g/mol. The molecule has 0 saturated carbocycles. The average molecular weight is 256 g/mol. The van der Waals surface area contributed by atoms with Gasteiger partial charge in [-0.2, -0.15) is 0 Å². The van der Waals surface area contributed by atoms with Crippen molar-refractivity contribution in [1.82, 2.24) is 0 Å². The Hall–Kier alpha value is 0.390. The zero-order valence-electron chi connectivity index (χ0n) is 6.18. The van der Waals surface area contributed by atoms with E-state index in [4.69, 9.17) is 9.47 Å². The second-order valence-corrected chi connectivity index (χ2v) is 2.77. The lowest BCUT2D eigenvalue weighted by Crippen LogP contribution is -1.94. The predicted octanol–water partition coefficient (Wildman–Crippen LogP) is 1.64. The van der Waals surface area contributed by atoms with Gasteiger partial charge in [0.25, 0.3) is 0 Å². The third-order valence-corrected chi connectivity index (χ3v) is 1.31. The van der Waals surface area contributed by atoms with Gasteiger partial charge in [0.15, 0.2) is 0 Å². The van der Waals surface area contributed by atoms with E-state index in [0.29, 0.717) is 13.2 Å². The fraction of sp³-hybridized carbons (Fsp3) is 0.714. The summed E-state index contributed by atoms with van der Waals surface area (Å²) in [6.07, 6.45) is 3.92. The molecule has 10 heavy (non-hydrogen) atoms. The van der Waals surface area contributed by atoms with Crippen LogP contribution in [0.4, 0.5) is 0 Å². The van der Waals surface area contributed by atoms with E-state index in [1.165, 1.54) is 0 Å². The molecule has 0 heterocycles. The number of methoxy groups -OCH3 is 1. The van der Waals surface area contributed by atoms with E-state index in [9.17, 15) is 0 Å². The van der Waals surface area contributed by atoms with Gasteiger partial charge < -0.3 is 9.47 Å². The van der Waals surface area contributed by atoms with Gasteiger partial charge in [0.1, 0.15) is 0 Å². The highest BCUT2D eigenvalue weighted by Crippen LogP contribution is 1.83. The molecular formula is C7H13IO2. The molecule has 0 radical (unpaired) electrons. The lowest BCUT2D eigenvalue weighted by Gasteiger charge is -1.94. The first-order valence-corrected chi connectivity index (χ1v) is 4.72. The van der Waals surface area contributed by atoms with Crippen molar-refractivity contribution in [3.63, 3.8) is 0 Å². The molecule has 0 aromatic heterocycles. The van der Waals surface area contributed by atoms with Crippen LogP contribution in [0.1, 0.15) is 0 Å². The van der Waals surface area contributed by atoms with Gasteiger partial charge in [0.2, 0.25) is 0 Å². The van der Waals surface area contributed by atoms with Crippen LogP contribution in [-0.4, -0.2) is 31.4 Å². The average Bonchev–Trinajstić information content (AvgIpc) is 1.97. The molecule has 0 aliphatic rings. The SMILES string of the molecule is COC/C=C/COCCI. The van der Waals surface area contributed by atoms with Crippen LogP contribution < -0.4 is 0 Å². The Bertz CT molecular complexity index is 83.7. The van der Waals surface area contributed by atoms with Crippen molar-refractivity contribution in [3.8, 4) is 0 Å². The first-order chi connectivity index (χ1) is 4.91. The van der Waals surface area contributed by atoms with Gasteiger partial charge in [-0.1, -0.05) is 34.7 Å². The van der Waals surface area contributed by atoms with E-state index in [0.717, 1.165) is 11.0 Å². The lowest BCUT2D eigenvalue weighted by atomic mass is 10.5. The molecule has 0 rings (SSSR count). The molecule has 3 heteroatoms. The Kier molecular flexibility index (Phi) is 9.76. The normalized spacial score (nSPS) is 11.0. The summed E-state index contributed by atoms with van der Waals surface area (Å²) in [5.41, 5.74) is 0. The molecule has 0 saturated heterocycles. The molecule has 0 unspecified atom stereocenters. The van der Waals surface area contributed by atoms with Gasteiger partial charge in [-0.3, -0.25) is 0 Å². The minimum absolute atomic E-state index is 0.674. The van der Waals surface area contributed by atoms with Crippen LogP contribution >= 0.6 is 22.6 Å². The molecule has 0 aliphatic heterocycles. The van der Waals surface area contributed by atoms with Crippen molar-refractivity contribution in [2.45, 2.75) is 0 Å². The van der Waals surface area contributed by atoms with E-state index in [1.54, 1.807) is 7.11 Å². The Balaban J connectivity index is 2.88. The fourth-order valence-electron chi connectivity index (χ4n) is 0.438. The minimum Gasteiger partial charge on any atom is -0.381 e. The molecule has 0 bridgehead atoms. The number of hydrogen-bond donors (Lipinski definition) is 0. The van der Waals surface area contributed by atoms with Crippen molar-refractivity contribution in [2.75, 3.05) is 31.4 Å². The summed E-state index contributed by atoms with van der Waals surface area (Å²) in [5.74, 6) is 0. The smallest absolute Gasteiger partial charge is 0.0648 e. The standard InChI is InChI=1S/C7H13IO2/c1-9-5-2-3-6-10-7-4-8/h2-3H,4-7H2,1H3/b3-2+. The number of rotatable bonds is 6. The molecule has 0 N–H and O–H groups in total. The van der Waals surface area contributed by atoms with E-state index in [-0.39, 0.29) is 0 Å². The summed E-state index contributed by atoms with van der Waals surface area (Å²) in [7, 11) is 1.68. The highest BCUT2D eigenvalue weighted by atomic mass is 127. The van der Waals surface area contributed by atoms with E-state index in [2.05, 4.69) is 22.6 Å². The molecule has 2 nitrogen and oxygen atoms in total. The largest absolute Gasteiger partial charge is 0.381 e. The number of ether oxygens (including phenoxy) is 2. The van der Waals surface area contributed by atoms with Crippen molar-refractivity contribution >= 4 is 22.6 Å². The summed E-state index contributed by atoms with van der Waals surface area (Å²) < 4.78 is 11.0. The van der Waals surface area contributed by atoms with Gasteiger partial charge >= 0.3 is 0 Å². The van der Waals surface area contributed by atoms with Gasteiger partial charge in [-0.15, -0.1) is 0 Å². The van der Waals surface area contributed by atoms with E-state index < -0.39 is 0 Å². The van der Waals surface area contributed by atoms with Crippen LogP contribution in [0, 0.1) is 0 Å². The first-order valence-electron chi connectivity index (χ1n) is 3.19. The lowest BCUT2D eigenvalue weighted by molar-refractivity contribution is 0.180. The van der Waals surface area contributed by atoms with Gasteiger partial charge in [0.05, 0.1) is 19.8 Å². The van der Waals surface area contributed by atoms with Crippen molar-refractivity contribution in [2.24, 2.45) is 0 Å². The first kappa shape index (κ1) is 10.4. The molecule has 0 aromatic rings. The van der Waals surface area contributed by atoms with Crippen LogP contribution in [0.3, 0.4) is 0 Å². The zero-order chi connectivity index (χ0) is 7.66. The Morgan fingerprint density at radius 2 is 2.00 bits per heavy atom. The zero-order valence-corrected chi connectivity index (χ0v) is 8.34. The van der Waals surface area contributed by atoms with Crippen molar-refractivity contribution in [3.05, 3.63) is 12.2 Å². The second kappa shape index (κ2) is 9.39. The molecular weight excluding hydrogens is 243 g/mol. The van der Waals surface area contributed by atoms with Crippen LogP contribution in [0.25, 0.3) is 0 Å². The van der Waals surface area contributed by atoms with E-state index >= 15 is 0 Å². The third kappa shape index (κ3) is 8.39. The maximum atomic E-state index is 5.18. The molecule has 0 aliphatic carbocycles. The van der Waals surface area contributed by atoms with Crippen LogP contribution in [-0.2, 0) is 9.47 Å². The number of alkyl halides is 1. The maximum absolute atomic E-state index is 5.18. The maximum Gasteiger partial charge on any atom is 0.0648 e. The summed E-state index contributed by atoms with van der Waals surface area (Å²) in [4.78, 5) is 0. The van der Waals surface area contributed by atoms with Gasteiger partial charge in [-0.25, -0.2) is 0 Å². The molecule has 0 atom stereocenters. The quantitative estimate of drug-likeness (QED) is 0.311. The topological polar surface area (TPSA) is 18.5 Å². The van der Waals surface area contributed by atoms with Crippen LogP contribution in [0.15, 0.2) is 12.2 Å².